The predicted octanol–water partition coefficient (Wildman–Crippen LogP) is 2.07. The summed E-state index contributed by atoms with van der Waals surface area (Å²) in [6.45, 7) is 1.36. The number of hydrogen-bond acceptors (Lipinski definition) is 7. The van der Waals surface area contributed by atoms with Gasteiger partial charge in [0.1, 0.15) is 0 Å². The average molecular weight is 310 g/mol. The molecule has 1 heterocycles. The van der Waals surface area contributed by atoms with Gasteiger partial charge in [-0.3, -0.25) is 0 Å². The second-order valence-corrected chi connectivity index (χ2v) is 3.39. The number of esters is 1. The van der Waals surface area contributed by atoms with Crippen molar-refractivity contribution in [1.29, 1.82) is 0 Å². The highest BCUT2D eigenvalue weighted by molar-refractivity contribution is 5.88. The predicted molar refractivity (Wildman–Crippen MR) is 60.1 cm³/mol. The zero-order chi connectivity index (χ0) is 16.2. The number of alkyl halides is 3. The zero-order valence-electron chi connectivity index (χ0n) is 10.8. The molecule has 0 N–H and O–H groups in total. The Kier molecular flexibility index (Phi) is 4.89. The van der Waals surface area contributed by atoms with Crippen LogP contribution in [0, 0.1) is 10.1 Å². The molecule has 11 heteroatoms. The molecule has 0 fully saturated rings. The molecule has 21 heavy (non-hydrogen) atoms. The van der Waals surface area contributed by atoms with E-state index in [9.17, 15) is 28.1 Å². The number of aromatic nitrogens is 1. The maximum atomic E-state index is 12.3. The van der Waals surface area contributed by atoms with Crippen LogP contribution in [-0.2, 0) is 4.74 Å². The lowest BCUT2D eigenvalue weighted by Gasteiger charge is -2.12. The number of carbonyl (C=O) groups is 1. The van der Waals surface area contributed by atoms with Crippen LogP contribution >= 0.6 is 0 Å². The number of halogens is 3. The molecule has 8 nitrogen and oxygen atoms in total. The van der Waals surface area contributed by atoms with Crippen LogP contribution in [0.5, 0.6) is 11.5 Å². The van der Waals surface area contributed by atoms with Crippen molar-refractivity contribution >= 4 is 11.8 Å². The number of ether oxygens (including phenoxy) is 3. The maximum absolute atomic E-state index is 12.3. The second-order valence-electron chi connectivity index (χ2n) is 3.39. The van der Waals surface area contributed by atoms with Gasteiger partial charge >= 0.3 is 18.1 Å². The Morgan fingerprint density at radius 2 is 2.10 bits per heavy atom. The van der Waals surface area contributed by atoms with Crippen LogP contribution in [0.15, 0.2) is 6.07 Å². The van der Waals surface area contributed by atoms with Gasteiger partial charge in [0.15, 0.2) is 5.75 Å². The van der Waals surface area contributed by atoms with Crippen LogP contribution < -0.4 is 9.47 Å². The standard InChI is InChI=1S/C10H9F3N2O6/c1-3-20-9(16)5-4-6(21-10(11,12)13)7(19-2)8(14-5)15(17)18/h4H,3H2,1-2H3. The van der Waals surface area contributed by atoms with Crippen molar-refractivity contribution in [2.24, 2.45) is 0 Å². The van der Waals surface area contributed by atoms with Crippen molar-refractivity contribution in [3.63, 3.8) is 0 Å². The van der Waals surface area contributed by atoms with Crippen LogP contribution in [0.4, 0.5) is 19.0 Å². The van der Waals surface area contributed by atoms with Gasteiger partial charge in [-0.2, -0.15) is 0 Å². The number of hydrogen-bond donors (Lipinski definition) is 0. The summed E-state index contributed by atoms with van der Waals surface area (Å²) < 4.78 is 49.5. The Labute approximate surface area is 115 Å². The van der Waals surface area contributed by atoms with Crippen LogP contribution in [0.1, 0.15) is 17.4 Å². The molecule has 0 amide bonds. The number of methoxy groups -OCH3 is 1. The molecule has 0 radical (unpaired) electrons. The summed E-state index contributed by atoms with van der Waals surface area (Å²) >= 11 is 0. The van der Waals surface area contributed by atoms with Gasteiger partial charge in [0.2, 0.25) is 0 Å². The van der Waals surface area contributed by atoms with E-state index in [2.05, 4.69) is 19.2 Å². The Morgan fingerprint density at radius 3 is 2.52 bits per heavy atom. The smallest absolute Gasteiger partial charge is 0.486 e. The lowest BCUT2D eigenvalue weighted by atomic mass is 10.3. The molecule has 1 rings (SSSR count). The summed E-state index contributed by atoms with van der Waals surface area (Å²) in [6.07, 6.45) is -5.13. The van der Waals surface area contributed by atoms with Crippen molar-refractivity contribution in [3.05, 3.63) is 21.9 Å². The number of nitrogens with zero attached hydrogens (tertiary/aromatic N) is 2. The van der Waals surface area contributed by atoms with Crippen molar-refractivity contribution in [3.8, 4) is 11.5 Å². The van der Waals surface area contributed by atoms with E-state index in [0.29, 0.717) is 6.07 Å². The van der Waals surface area contributed by atoms with Crippen LogP contribution in [-0.4, -0.2) is 36.0 Å². The molecule has 0 aliphatic heterocycles. The number of pyridine rings is 1. The monoisotopic (exact) mass is 310 g/mol. The third-order valence-electron chi connectivity index (χ3n) is 2.01. The second kappa shape index (κ2) is 6.24. The maximum Gasteiger partial charge on any atom is 0.573 e. The fourth-order valence-electron chi connectivity index (χ4n) is 1.32. The number of carbonyl (C=O) groups excluding carboxylic acids is 1. The summed E-state index contributed by atoms with van der Waals surface area (Å²) in [5.74, 6) is -4.14. The Bertz CT molecular complexity index is 560. The first kappa shape index (κ1) is 16.5. The molecule has 0 saturated carbocycles. The third kappa shape index (κ3) is 4.19. The number of rotatable bonds is 5. The third-order valence-corrected chi connectivity index (χ3v) is 2.01. The van der Waals surface area contributed by atoms with E-state index < -0.39 is 40.3 Å². The van der Waals surface area contributed by atoms with E-state index in [4.69, 9.17) is 0 Å². The van der Waals surface area contributed by atoms with E-state index in [0.717, 1.165) is 7.11 Å². The van der Waals surface area contributed by atoms with Crippen molar-refractivity contribution in [2.75, 3.05) is 13.7 Å². The van der Waals surface area contributed by atoms with E-state index >= 15 is 0 Å². The highest BCUT2D eigenvalue weighted by Gasteiger charge is 2.37. The first-order valence-corrected chi connectivity index (χ1v) is 5.35. The molecule has 0 unspecified atom stereocenters. The van der Waals surface area contributed by atoms with Crippen molar-refractivity contribution in [1.82, 2.24) is 4.98 Å². The number of nitro groups is 1. The van der Waals surface area contributed by atoms with E-state index in [1.807, 2.05) is 0 Å². The highest BCUT2D eigenvalue weighted by Crippen LogP contribution is 2.38. The minimum Gasteiger partial charge on any atom is -0.486 e. The minimum absolute atomic E-state index is 0.0875. The Balaban J connectivity index is 3.44. The summed E-state index contributed by atoms with van der Waals surface area (Å²) in [6, 6.07) is 0.553. The van der Waals surface area contributed by atoms with Gasteiger partial charge in [0.25, 0.3) is 11.4 Å². The van der Waals surface area contributed by atoms with Gasteiger partial charge in [0, 0.05) is 6.07 Å². The zero-order valence-corrected chi connectivity index (χ0v) is 10.8. The van der Waals surface area contributed by atoms with Crippen LogP contribution in [0.2, 0.25) is 0 Å². The van der Waals surface area contributed by atoms with Gasteiger partial charge in [-0.15, -0.1) is 13.2 Å². The van der Waals surface area contributed by atoms with Gasteiger partial charge < -0.3 is 24.3 Å². The summed E-state index contributed by atoms with van der Waals surface area (Å²) in [5, 5.41) is 10.8. The first-order valence-electron chi connectivity index (χ1n) is 5.35. The molecule has 1 aromatic heterocycles. The summed E-state index contributed by atoms with van der Waals surface area (Å²) in [5.41, 5.74) is -0.705. The van der Waals surface area contributed by atoms with Gasteiger partial charge in [0.05, 0.1) is 13.7 Å². The molecule has 0 saturated heterocycles. The first-order chi connectivity index (χ1) is 9.69. The lowest BCUT2D eigenvalue weighted by Crippen LogP contribution is -2.19. The van der Waals surface area contributed by atoms with Crippen molar-refractivity contribution < 1.29 is 37.1 Å². The van der Waals surface area contributed by atoms with Crippen LogP contribution in [0.3, 0.4) is 0 Å². The summed E-state index contributed by atoms with van der Waals surface area (Å²) in [4.78, 5) is 24.5. The Morgan fingerprint density at radius 1 is 1.48 bits per heavy atom. The molecule has 0 aromatic carbocycles. The van der Waals surface area contributed by atoms with Gasteiger partial charge in [-0.25, -0.2) is 4.79 Å². The van der Waals surface area contributed by atoms with Gasteiger partial charge in [-0.05, 0) is 16.8 Å². The SMILES string of the molecule is CCOC(=O)c1cc(OC(F)(F)F)c(OC)c([N+](=O)[O-])n1. The van der Waals surface area contributed by atoms with Crippen LogP contribution in [0.25, 0.3) is 0 Å². The molecule has 0 spiro atoms. The molecule has 0 aliphatic carbocycles. The molecular weight excluding hydrogens is 301 g/mol. The van der Waals surface area contributed by atoms with E-state index in [-0.39, 0.29) is 6.61 Å². The lowest BCUT2D eigenvalue weighted by molar-refractivity contribution is -0.390. The van der Waals surface area contributed by atoms with Gasteiger partial charge in [-0.1, -0.05) is 0 Å². The molecule has 116 valence electrons. The average Bonchev–Trinajstić information content (AvgIpc) is 2.36. The quantitative estimate of drug-likeness (QED) is 0.466. The highest BCUT2D eigenvalue weighted by atomic mass is 19.4. The van der Waals surface area contributed by atoms with E-state index in [1.54, 1.807) is 0 Å². The molecule has 0 atom stereocenters. The largest absolute Gasteiger partial charge is 0.573 e. The van der Waals surface area contributed by atoms with Crippen molar-refractivity contribution in [2.45, 2.75) is 13.3 Å². The molecule has 0 bridgehead atoms. The Hall–Kier alpha value is -2.59. The summed E-state index contributed by atoms with van der Waals surface area (Å²) in [7, 11) is 0.900. The molecule has 0 aliphatic rings. The topological polar surface area (TPSA) is 101 Å². The van der Waals surface area contributed by atoms with E-state index in [1.165, 1.54) is 6.92 Å². The minimum atomic E-state index is -5.13. The molecule has 1 aromatic rings. The molecular formula is C10H9F3N2O6. The fraction of sp³-hybridized carbons (Fsp3) is 0.400. The fourth-order valence-corrected chi connectivity index (χ4v) is 1.32. The normalized spacial score (nSPS) is 10.9.